The zero-order valence-electron chi connectivity index (χ0n) is 10.0. The van der Waals surface area contributed by atoms with Crippen molar-refractivity contribution in [3.8, 4) is 0 Å². The number of nitrogens with one attached hydrogen (secondary N) is 1. The quantitative estimate of drug-likeness (QED) is 0.669. The summed E-state index contributed by atoms with van der Waals surface area (Å²) in [6.07, 6.45) is 3.68. The van der Waals surface area contributed by atoms with Crippen LogP contribution in [0.25, 0.3) is 0 Å². The van der Waals surface area contributed by atoms with Crippen LogP contribution in [0.4, 0.5) is 0 Å². The van der Waals surface area contributed by atoms with Gasteiger partial charge in [0.1, 0.15) is 0 Å². The summed E-state index contributed by atoms with van der Waals surface area (Å²) in [7, 11) is 0. The Bertz CT molecular complexity index is 208. The monoisotopic (exact) mass is 229 g/mol. The maximum atomic E-state index is 9.65. The Labute approximate surface area is 97.3 Å². The van der Waals surface area contributed by atoms with E-state index < -0.39 is 6.10 Å². The van der Waals surface area contributed by atoms with Crippen LogP contribution < -0.4 is 5.32 Å². The highest BCUT2D eigenvalue weighted by molar-refractivity contribution is 4.93. The second kappa shape index (κ2) is 5.96. The predicted molar refractivity (Wildman–Crippen MR) is 61.4 cm³/mol. The van der Waals surface area contributed by atoms with Gasteiger partial charge < -0.3 is 19.9 Å². The van der Waals surface area contributed by atoms with Crippen molar-refractivity contribution < 1.29 is 14.6 Å². The largest absolute Gasteiger partial charge is 0.389 e. The molecule has 1 saturated carbocycles. The SMILES string of the molecule is CCOCC(O)CNC1CCOC1C1CC1. The third-order valence-electron chi connectivity index (χ3n) is 3.35. The molecule has 0 amide bonds. The maximum absolute atomic E-state index is 9.65. The number of aliphatic hydroxyl groups is 1. The van der Waals surface area contributed by atoms with Crippen LogP contribution in [0, 0.1) is 5.92 Å². The van der Waals surface area contributed by atoms with E-state index in [1.54, 1.807) is 0 Å². The summed E-state index contributed by atoms with van der Waals surface area (Å²) in [5.74, 6) is 0.768. The molecule has 0 radical (unpaired) electrons. The molecule has 2 fully saturated rings. The molecule has 94 valence electrons. The van der Waals surface area contributed by atoms with E-state index in [4.69, 9.17) is 9.47 Å². The highest BCUT2D eigenvalue weighted by atomic mass is 16.5. The van der Waals surface area contributed by atoms with E-state index >= 15 is 0 Å². The van der Waals surface area contributed by atoms with Gasteiger partial charge in [0.05, 0.1) is 18.8 Å². The molecule has 2 N–H and O–H groups in total. The van der Waals surface area contributed by atoms with E-state index in [1.165, 1.54) is 12.8 Å². The molecule has 1 saturated heterocycles. The van der Waals surface area contributed by atoms with Gasteiger partial charge in [-0.15, -0.1) is 0 Å². The minimum absolute atomic E-state index is 0.388. The lowest BCUT2D eigenvalue weighted by Crippen LogP contribution is -2.42. The van der Waals surface area contributed by atoms with Gasteiger partial charge in [0.15, 0.2) is 0 Å². The lowest BCUT2D eigenvalue weighted by atomic mass is 10.1. The molecular formula is C12H23NO3. The third kappa shape index (κ3) is 3.42. The molecule has 0 bridgehead atoms. The van der Waals surface area contributed by atoms with E-state index in [-0.39, 0.29) is 0 Å². The Morgan fingerprint density at radius 3 is 2.94 bits per heavy atom. The first-order valence-electron chi connectivity index (χ1n) is 6.42. The summed E-state index contributed by atoms with van der Waals surface area (Å²) >= 11 is 0. The summed E-state index contributed by atoms with van der Waals surface area (Å²) in [6, 6.07) is 0.434. The van der Waals surface area contributed by atoms with Crippen molar-refractivity contribution in [2.75, 3.05) is 26.4 Å². The molecule has 0 aromatic heterocycles. The molecule has 1 heterocycles. The lowest BCUT2D eigenvalue weighted by molar-refractivity contribution is 0.0365. The Hall–Kier alpha value is -0.160. The van der Waals surface area contributed by atoms with Gasteiger partial charge >= 0.3 is 0 Å². The Kier molecular flexibility index (Phi) is 4.58. The number of hydrogen-bond acceptors (Lipinski definition) is 4. The van der Waals surface area contributed by atoms with Gasteiger partial charge in [-0.25, -0.2) is 0 Å². The molecule has 16 heavy (non-hydrogen) atoms. The number of aliphatic hydroxyl groups excluding tert-OH is 1. The number of rotatable bonds is 7. The van der Waals surface area contributed by atoms with Gasteiger partial charge in [-0.1, -0.05) is 0 Å². The van der Waals surface area contributed by atoms with Crippen LogP contribution in [0.15, 0.2) is 0 Å². The van der Waals surface area contributed by atoms with Crippen LogP contribution in [-0.4, -0.2) is 49.7 Å². The first kappa shape index (κ1) is 12.3. The van der Waals surface area contributed by atoms with Gasteiger partial charge in [0.2, 0.25) is 0 Å². The van der Waals surface area contributed by atoms with Crippen molar-refractivity contribution in [3.05, 3.63) is 0 Å². The van der Waals surface area contributed by atoms with Gasteiger partial charge in [0.25, 0.3) is 0 Å². The fourth-order valence-electron chi connectivity index (χ4n) is 2.32. The smallest absolute Gasteiger partial charge is 0.0897 e. The molecule has 1 aliphatic heterocycles. The van der Waals surface area contributed by atoms with Gasteiger partial charge in [-0.05, 0) is 32.1 Å². The molecule has 3 atom stereocenters. The molecular weight excluding hydrogens is 206 g/mol. The van der Waals surface area contributed by atoms with Gasteiger partial charge in [-0.3, -0.25) is 0 Å². The molecule has 1 aliphatic carbocycles. The van der Waals surface area contributed by atoms with Crippen molar-refractivity contribution in [2.45, 2.75) is 44.4 Å². The van der Waals surface area contributed by atoms with Crippen LogP contribution in [-0.2, 0) is 9.47 Å². The minimum atomic E-state index is -0.402. The number of ether oxygens (including phenoxy) is 2. The molecule has 0 aromatic rings. The molecule has 2 aliphatic rings. The standard InChI is InChI=1S/C12H23NO3/c1-2-15-8-10(14)7-13-11-5-6-16-12(11)9-3-4-9/h9-14H,2-8H2,1H3. The highest BCUT2D eigenvalue weighted by Gasteiger charge is 2.40. The van der Waals surface area contributed by atoms with Crippen molar-refractivity contribution >= 4 is 0 Å². The average molecular weight is 229 g/mol. The van der Waals surface area contributed by atoms with Crippen LogP contribution >= 0.6 is 0 Å². The number of hydrogen-bond donors (Lipinski definition) is 2. The predicted octanol–water partition coefficient (Wildman–Crippen LogP) is 0.541. The normalized spacial score (nSPS) is 31.9. The Morgan fingerprint density at radius 1 is 1.44 bits per heavy atom. The first-order valence-corrected chi connectivity index (χ1v) is 6.42. The maximum Gasteiger partial charge on any atom is 0.0897 e. The Morgan fingerprint density at radius 2 is 2.25 bits per heavy atom. The summed E-state index contributed by atoms with van der Waals surface area (Å²) in [6.45, 7) is 4.49. The van der Waals surface area contributed by atoms with Crippen molar-refractivity contribution in [2.24, 2.45) is 5.92 Å². The molecule has 0 aromatic carbocycles. The Balaban J connectivity index is 1.64. The van der Waals surface area contributed by atoms with E-state index in [2.05, 4.69) is 5.32 Å². The fourth-order valence-corrected chi connectivity index (χ4v) is 2.32. The summed E-state index contributed by atoms with van der Waals surface area (Å²) < 4.78 is 10.9. The minimum Gasteiger partial charge on any atom is -0.389 e. The zero-order chi connectivity index (χ0) is 11.4. The highest BCUT2D eigenvalue weighted by Crippen LogP contribution is 2.38. The molecule has 3 unspecified atom stereocenters. The second-order valence-corrected chi connectivity index (χ2v) is 4.79. The molecule has 4 nitrogen and oxygen atoms in total. The summed E-state index contributed by atoms with van der Waals surface area (Å²) in [5, 5.41) is 13.1. The van der Waals surface area contributed by atoms with Crippen molar-refractivity contribution in [1.82, 2.24) is 5.32 Å². The van der Waals surface area contributed by atoms with E-state index in [0.29, 0.717) is 31.9 Å². The summed E-state index contributed by atoms with van der Waals surface area (Å²) in [5.41, 5.74) is 0. The second-order valence-electron chi connectivity index (χ2n) is 4.79. The fraction of sp³-hybridized carbons (Fsp3) is 1.00. The topological polar surface area (TPSA) is 50.7 Å². The van der Waals surface area contributed by atoms with Crippen LogP contribution in [0.1, 0.15) is 26.2 Å². The molecule has 2 rings (SSSR count). The molecule has 4 heteroatoms. The van der Waals surface area contributed by atoms with Gasteiger partial charge in [0, 0.05) is 25.8 Å². The van der Waals surface area contributed by atoms with Crippen LogP contribution in [0.5, 0.6) is 0 Å². The van der Waals surface area contributed by atoms with E-state index in [0.717, 1.165) is 18.9 Å². The molecule has 0 spiro atoms. The summed E-state index contributed by atoms with van der Waals surface area (Å²) in [4.78, 5) is 0. The third-order valence-corrected chi connectivity index (χ3v) is 3.35. The first-order chi connectivity index (χ1) is 7.81. The zero-order valence-corrected chi connectivity index (χ0v) is 10.0. The van der Waals surface area contributed by atoms with Crippen molar-refractivity contribution in [1.29, 1.82) is 0 Å². The van der Waals surface area contributed by atoms with E-state index in [9.17, 15) is 5.11 Å². The average Bonchev–Trinajstić information content (AvgIpc) is 3.03. The van der Waals surface area contributed by atoms with Gasteiger partial charge in [-0.2, -0.15) is 0 Å². The van der Waals surface area contributed by atoms with Crippen molar-refractivity contribution in [3.63, 3.8) is 0 Å². The van der Waals surface area contributed by atoms with E-state index in [1.807, 2.05) is 6.92 Å². The van der Waals surface area contributed by atoms with Crippen LogP contribution in [0.2, 0.25) is 0 Å². The van der Waals surface area contributed by atoms with Crippen LogP contribution in [0.3, 0.4) is 0 Å². The lowest BCUT2D eigenvalue weighted by Gasteiger charge is -2.21.